The van der Waals surface area contributed by atoms with E-state index in [-0.39, 0.29) is 24.6 Å². The Morgan fingerprint density at radius 2 is 1.94 bits per heavy atom. The Hall–Kier alpha value is -3.28. The molecule has 3 aromatic rings. The molecule has 0 aliphatic carbocycles. The number of ether oxygens (including phenoxy) is 2. The van der Waals surface area contributed by atoms with Crippen molar-refractivity contribution in [2.24, 2.45) is 0 Å². The second-order valence-corrected chi connectivity index (χ2v) is 19.9. The zero-order valence-corrected chi connectivity index (χ0v) is 30.4. The van der Waals surface area contributed by atoms with E-state index in [1.165, 1.54) is 0 Å². The summed E-state index contributed by atoms with van der Waals surface area (Å²) in [5.74, 6) is 0.709. The number of benzene rings is 1. The topological polar surface area (TPSA) is 75.2 Å². The van der Waals surface area contributed by atoms with Gasteiger partial charge in [0, 0.05) is 64.7 Å². The molecule has 3 heterocycles. The zero-order valence-electron chi connectivity index (χ0n) is 28.6. The first-order valence-corrected chi connectivity index (χ1v) is 21.5. The van der Waals surface area contributed by atoms with Crippen LogP contribution in [0.1, 0.15) is 49.7 Å². The Morgan fingerprint density at radius 1 is 1.13 bits per heavy atom. The summed E-state index contributed by atoms with van der Waals surface area (Å²) in [5, 5.41) is 2.04. The third-order valence-corrected chi connectivity index (χ3v) is 11.3. The SMILES string of the molecule is CCC(=O)N(c1cccnc1)[C@@H]1CCN(CCc2ccccc2O[C@H](CCN(CC)C(=O)OCC[Si](C)(C)C)c2cccs2)C[C@@H]1F. The summed E-state index contributed by atoms with van der Waals surface area (Å²) in [6.07, 6.45) is 3.83. The summed E-state index contributed by atoms with van der Waals surface area (Å²) >= 11 is 1.64. The predicted molar refractivity (Wildman–Crippen MR) is 191 cm³/mol. The van der Waals surface area contributed by atoms with E-state index in [1.807, 2.05) is 42.6 Å². The van der Waals surface area contributed by atoms with Crippen molar-refractivity contribution >= 4 is 37.1 Å². The molecule has 8 nitrogen and oxygen atoms in total. The van der Waals surface area contributed by atoms with Gasteiger partial charge in [-0.05, 0) is 61.0 Å². The third-order valence-electron chi connectivity index (χ3n) is 8.60. The summed E-state index contributed by atoms with van der Waals surface area (Å²) in [7, 11) is -1.29. The lowest BCUT2D eigenvalue weighted by molar-refractivity contribution is -0.119. The first-order chi connectivity index (χ1) is 22.6. The van der Waals surface area contributed by atoms with Gasteiger partial charge < -0.3 is 19.3 Å². The van der Waals surface area contributed by atoms with Gasteiger partial charge in [-0.25, -0.2) is 9.18 Å². The predicted octanol–water partition coefficient (Wildman–Crippen LogP) is 7.85. The molecule has 0 unspecified atom stereocenters. The van der Waals surface area contributed by atoms with Gasteiger partial charge in [0.05, 0.1) is 24.5 Å². The van der Waals surface area contributed by atoms with E-state index < -0.39 is 20.3 Å². The van der Waals surface area contributed by atoms with Crippen molar-refractivity contribution in [1.29, 1.82) is 0 Å². The number of hydrogen-bond acceptors (Lipinski definition) is 7. The van der Waals surface area contributed by atoms with E-state index in [9.17, 15) is 9.59 Å². The van der Waals surface area contributed by atoms with Crippen LogP contribution in [0.15, 0.2) is 66.3 Å². The summed E-state index contributed by atoms with van der Waals surface area (Å²) < 4.78 is 28.0. The molecular formula is C36H51FN4O4SSi. The summed E-state index contributed by atoms with van der Waals surface area (Å²) in [4.78, 5) is 36.4. The minimum Gasteiger partial charge on any atom is -0.485 e. The molecule has 11 heteroatoms. The lowest BCUT2D eigenvalue weighted by Gasteiger charge is -2.40. The number of nitrogens with zero attached hydrogens (tertiary/aromatic N) is 4. The normalized spacial score (nSPS) is 17.6. The van der Waals surface area contributed by atoms with Gasteiger partial charge in [0.1, 0.15) is 18.0 Å². The largest absolute Gasteiger partial charge is 0.485 e. The van der Waals surface area contributed by atoms with Crippen LogP contribution in [0.25, 0.3) is 0 Å². The maximum atomic E-state index is 15.7. The average Bonchev–Trinajstić information content (AvgIpc) is 3.60. The van der Waals surface area contributed by atoms with Gasteiger partial charge in [0.25, 0.3) is 0 Å². The van der Waals surface area contributed by atoms with E-state index in [0.29, 0.717) is 64.2 Å². The molecule has 0 spiro atoms. The van der Waals surface area contributed by atoms with Crippen LogP contribution < -0.4 is 9.64 Å². The maximum Gasteiger partial charge on any atom is 0.409 e. The number of para-hydroxylation sites is 1. The van der Waals surface area contributed by atoms with E-state index in [2.05, 4.69) is 41.7 Å². The lowest BCUT2D eigenvalue weighted by atomic mass is 9.99. The molecule has 1 aliphatic rings. The number of aromatic nitrogens is 1. The van der Waals surface area contributed by atoms with Crippen LogP contribution in [-0.4, -0.2) is 86.4 Å². The average molecular weight is 683 g/mol. The van der Waals surface area contributed by atoms with Crippen LogP contribution in [0.5, 0.6) is 5.75 Å². The number of carbonyl (C=O) groups is 2. The molecule has 0 radical (unpaired) electrons. The number of carbonyl (C=O) groups excluding carboxylic acids is 2. The van der Waals surface area contributed by atoms with Crippen LogP contribution in [0.3, 0.4) is 0 Å². The van der Waals surface area contributed by atoms with Crippen molar-refractivity contribution in [3.05, 3.63) is 76.7 Å². The van der Waals surface area contributed by atoms with Crippen molar-refractivity contribution in [3.8, 4) is 5.75 Å². The van der Waals surface area contributed by atoms with Crippen molar-refractivity contribution in [1.82, 2.24) is 14.8 Å². The Balaban J connectivity index is 1.37. The highest BCUT2D eigenvalue weighted by molar-refractivity contribution is 7.10. The van der Waals surface area contributed by atoms with Gasteiger partial charge in [-0.3, -0.25) is 14.7 Å². The van der Waals surface area contributed by atoms with Gasteiger partial charge in [-0.2, -0.15) is 0 Å². The van der Waals surface area contributed by atoms with Crippen LogP contribution in [0.2, 0.25) is 25.7 Å². The minimum atomic E-state index is -1.29. The molecule has 2 amide bonds. The van der Waals surface area contributed by atoms with Gasteiger partial charge in [0.2, 0.25) is 5.91 Å². The number of piperidine rings is 1. The highest BCUT2D eigenvalue weighted by atomic mass is 32.1. The molecule has 1 aromatic carbocycles. The van der Waals surface area contributed by atoms with E-state index in [1.54, 1.807) is 46.5 Å². The fourth-order valence-corrected chi connectivity index (χ4v) is 7.32. The van der Waals surface area contributed by atoms with E-state index in [4.69, 9.17) is 9.47 Å². The number of thiophene rings is 1. The number of halogens is 1. The molecule has 0 bridgehead atoms. The van der Waals surface area contributed by atoms with Crippen molar-refractivity contribution in [2.45, 2.75) is 83.5 Å². The summed E-state index contributed by atoms with van der Waals surface area (Å²) in [5.41, 5.74) is 1.70. The van der Waals surface area contributed by atoms with Crippen LogP contribution in [0.4, 0.5) is 14.9 Å². The number of likely N-dealkylation sites (tertiary alicyclic amines) is 1. The maximum absolute atomic E-state index is 15.7. The number of hydrogen-bond donors (Lipinski definition) is 0. The second-order valence-electron chi connectivity index (χ2n) is 13.3. The fourth-order valence-electron chi connectivity index (χ4n) is 5.81. The van der Waals surface area contributed by atoms with Crippen LogP contribution in [-0.2, 0) is 16.0 Å². The Kier molecular flexibility index (Phi) is 13.8. The second kappa shape index (κ2) is 17.7. The van der Waals surface area contributed by atoms with E-state index >= 15 is 4.39 Å². The Bertz CT molecular complexity index is 1390. The van der Waals surface area contributed by atoms with E-state index in [0.717, 1.165) is 22.2 Å². The Morgan fingerprint density at radius 3 is 2.60 bits per heavy atom. The summed E-state index contributed by atoms with van der Waals surface area (Å²) in [6, 6.07) is 16.2. The number of alkyl halides is 1. The number of pyridine rings is 1. The zero-order chi connectivity index (χ0) is 33.8. The standard InChI is InChI=1S/C36H51FN4O4SSi/c1-6-35(42)41(29-13-10-19-38-26-29)31-17-21-39(27-30(31)37)20-16-28-12-8-9-14-32(28)45-33(34-15-11-24-46-34)18-22-40(7-2)36(43)44-23-25-47(3,4)5/h8-15,19,24,26,30-31,33H,6-7,16-18,20-23,25,27H2,1-5H3/t30-,31+,33+/m0/s1. The number of anilines is 1. The van der Waals surface area contributed by atoms with Gasteiger partial charge in [-0.15, -0.1) is 11.3 Å². The fraction of sp³-hybridized carbons (Fsp3) is 0.528. The monoisotopic (exact) mass is 682 g/mol. The first-order valence-electron chi connectivity index (χ1n) is 16.9. The summed E-state index contributed by atoms with van der Waals surface area (Å²) in [6.45, 7) is 13.8. The van der Waals surface area contributed by atoms with Gasteiger partial charge in [-0.1, -0.05) is 50.8 Å². The van der Waals surface area contributed by atoms with Gasteiger partial charge >= 0.3 is 6.09 Å². The highest BCUT2D eigenvalue weighted by Gasteiger charge is 2.36. The van der Waals surface area contributed by atoms with Crippen LogP contribution in [0, 0.1) is 0 Å². The molecule has 1 fully saturated rings. The third kappa shape index (κ3) is 10.9. The molecular weight excluding hydrogens is 632 g/mol. The minimum absolute atomic E-state index is 0.0912. The number of amides is 2. The number of rotatable bonds is 16. The molecule has 4 rings (SSSR count). The quantitative estimate of drug-likeness (QED) is 0.143. The molecule has 0 saturated carbocycles. The van der Waals surface area contributed by atoms with Crippen molar-refractivity contribution < 1.29 is 23.5 Å². The van der Waals surface area contributed by atoms with Gasteiger partial charge in [0.15, 0.2) is 0 Å². The van der Waals surface area contributed by atoms with Crippen molar-refractivity contribution in [3.63, 3.8) is 0 Å². The van der Waals surface area contributed by atoms with Crippen molar-refractivity contribution in [2.75, 3.05) is 44.2 Å². The molecule has 3 atom stereocenters. The highest BCUT2D eigenvalue weighted by Crippen LogP contribution is 2.32. The first kappa shape index (κ1) is 36.6. The molecule has 47 heavy (non-hydrogen) atoms. The smallest absolute Gasteiger partial charge is 0.409 e. The molecule has 2 aromatic heterocycles. The molecule has 1 saturated heterocycles. The lowest BCUT2D eigenvalue weighted by Crippen LogP contribution is -2.54. The molecule has 0 N–H and O–H groups in total. The molecule has 1 aliphatic heterocycles. The molecule has 256 valence electrons. The van der Waals surface area contributed by atoms with Crippen LogP contribution >= 0.6 is 11.3 Å². The Labute approximate surface area is 284 Å².